The number of nitrogens with zero attached hydrogens (tertiary/aromatic N) is 3. The molecule has 1 aromatic rings. The Morgan fingerprint density at radius 2 is 2.05 bits per heavy atom. The molecule has 1 atom stereocenters. The molecule has 0 aliphatic carbocycles. The summed E-state index contributed by atoms with van der Waals surface area (Å²) in [6, 6.07) is 0. The van der Waals surface area contributed by atoms with Crippen LogP contribution in [0.1, 0.15) is 51.9 Å². The fourth-order valence-electron chi connectivity index (χ4n) is 2.96. The Kier molecular flexibility index (Phi) is 5.43. The summed E-state index contributed by atoms with van der Waals surface area (Å²) in [4.78, 5) is 11.9. The lowest BCUT2D eigenvalue weighted by Gasteiger charge is -2.23. The van der Waals surface area contributed by atoms with Gasteiger partial charge in [0.1, 0.15) is 17.5 Å². The van der Waals surface area contributed by atoms with Gasteiger partial charge in [0.2, 0.25) is 0 Å². The molecule has 2 heterocycles. The monoisotopic (exact) mass is 290 g/mol. The molecule has 1 aliphatic rings. The van der Waals surface area contributed by atoms with Crippen molar-refractivity contribution in [1.82, 2.24) is 9.97 Å². The summed E-state index contributed by atoms with van der Waals surface area (Å²) in [5.41, 5.74) is 1.20. The Bertz CT molecular complexity index is 470. The summed E-state index contributed by atoms with van der Waals surface area (Å²) in [7, 11) is 0. The Labute approximate surface area is 129 Å². The SMILES string of the molecule is CCCNc1nc(CC)nc(N2CCC(C(C)C)C2)c1C. The molecule has 1 unspecified atom stereocenters. The van der Waals surface area contributed by atoms with Gasteiger partial charge in [0.25, 0.3) is 0 Å². The van der Waals surface area contributed by atoms with E-state index in [1.54, 1.807) is 0 Å². The van der Waals surface area contributed by atoms with Gasteiger partial charge in [-0.3, -0.25) is 0 Å². The van der Waals surface area contributed by atoms with Gasteiger partial charge in [-0.25, -0.2) is 9.97 Å². The van der Waals surface area contributed by atoms with Crippen LogP contribution in [-0.2, 0) is 6.42 Å². The highest BCUT2D eigenvalue weighted by Crippen LogP contribution is 2.31. The van der Waals surface area contributed by atoms with Crippen molar-refractivity contribution in [2.45, 2.75) is 53.9 Å². The molecule has 0 amide bonds. The molecule has 118 valence electrons. The summed E-state index contributed by atoms with van der Waals surface area (Å²) >= 11 is 0. The largest absolute Gasteiger partial charge is 0.370 e. The average Bonchev–Trinajstić information content (AvgIpc) is 2.96. The van der Waals surface area contributed by atoms with Crippen molar-refractivity contribution < 1.29 is 0 Å². The van der Waals surface area contributed by atoms with E-state index >= 15 is 0 Å². The van der Waals surface area contributed by atoms with Crippen molar-refractivity contribution in [2.24, 2.45) is 11.8 Å². The second-order valence-electron chi connectivity index (χ2n) is 6.46. The smallest absolute Gasteiger partial charge is 0.137 e. The number of hydrogen-bond acceptors (Lipinski definition) is 4. The molecule has 0 spiro atoms. The van der Waals surface area contributed by atoms with Crippen molar-refractivity contribution in [3.63, 3.8) is 0 Å². The van der Waals surface area contributed by atoms with E-state index in [9.17, 15) is 0 Å². The first kappa shape index (κ1) is 16.1. The van der Waals surface area contributed by atoms with E-state index in [0.717, 1.165) is 61.8 Å². The standard InChI is InChI=1S/C17H30N4/c1-6-9-18-16-13(5)17(20-15(7-2)19-16)21-10-8-14(11-21)12(3)4/h12,14H,6-11H2,1-5H3,(H,18,19,20). The molecular weight excluding hydrogens is 260 g/mol. The highest BCUT2D eigenvalue weighted by atomic mass is 15.2. The molecule has 2 rings (SSSR count). The summed E-state index contributed by atoms with van der Waals surface area (Å²) in [5.74, 6) is 4.65. The maximum absolute atomic E-state index is 4.81. The lowest BCUT2D eigenvalue weighted by atomic mass is 9.95. The molecule has 0 radical (unpaired) electrons. The maximum Gasteiger partial charge on any atom is 0.137 e. The first-order valence-electron chi connectivity index (χ1n) is 8.43. The number of nitrogens with one attached hydrogen (secondary N) is 1. The Balaban J connectivity index is 2.26. The van der Waals surface area contributed by atoms with E-state index in [1.165, 1.54) is 12.0 Å². The molecule has 0 bridgehead atoms. The third-order valence-corrected chi connectivity index (χ3v) is 4.49. The Morgan fingerprint density at radius 3 is 2.62 bits per heavy atom. The second-order valence-corrected chi connectivity index (χ2v) is 6.46. The zero-order valence-corrected chi connectivity index (χ0v) is 14.2. The van der Waals surface area contributed by atoms with Gasteiger partial charge in [-0.2, -0.15) is 0 Å². The summed E-state index contributed by atoms with van der Waals surface area (Å²) in [6.07, 6.45) is 3.27. The van der Waals surface area contributed by atoms with Gasteiger partial charge < -0.3 is 10.2 Å². The minimum atomic E-state index is 0.750. The molecule has 21 heavy (non-hydrogen) atoms. The van der Waals surface area contributed by atoms with Gasteiger partial charge in [0.05, 0.1) is 0 Å². The quantitative estimate of drug-likeness (QED) is 0.868. The van der Waals surface area contributed by atoms with Crippen molar-refractivity contribution in [3.05, 3.63) is 11.4 Å². The van der Waals surface area contributed by atoms with Crippen LogP contribution >= 0.6 is 0 Å². The molecule has 0 saturated carbocycles. The van der Waals surface area contributed by atoms with Crippen LogP contribution in [-0.4, -0.2) is 29.6 Å². The second kappa shape index (κ2) is 7.10. The van der Waals surface area contributed by atoms with Gasteiger partial charge in [0, 0.05) is 31.6 Å². The average molecular weight is 290 g/mol. The van der Waals surface area contributed by atoms with E-state index in [1.807, 2.05) is 0 Å². The molecule has 4 heteroatoms. The molecular formula is C17H30N4. The Hall–Kier alpha value is -1.32. The van der Waals surface area contributed by atoms with Gasteiger partial charge in [0.15, 0.2) is 0 Å². The number of hydrogen-bond donors (Lipinski definition) is 1. The predicted octanol–water partition coefficient (Wildman–Crippen LogP) is 3.65. The molecule has 1 fully saturated rings. The highest BCUT2D eigenvalue weighted by Gasteiger charge is 2.27. The zero-order valence-electron chi connectivity index (χ0n) is 14.2. The van der Waals surface area contributed by atoms with Crippen LogP contribution in [0.15, 0.2) is 0 Å². The normalized spacial score (nSPS) is 18.6. The fourth-order valence-corrected chi connectivity index (χ4v) is 2.96. The van der Waals surface area contributed by atoms with Crippen LogP contribution < -0.4 is 10.2 Å². The maximum atomic E-state index is 4.81. The van der Waals surface area contributed by atoms with Crippen molar-refractivity contribution in [2.75, 3.05) is 29.9 Å². The van der Waals surface area contributed by atoms with Crippen molar-refractivity contribution >= 4 is 11.6 Å². The minimum absolute atomic E-state index is 0.750. The molecule has 1 N–H and O–H groups in total. The van der Waals surface area contributed by atoms with Crippen LogP contribution in [0.5, 0.6) is 0 Å². The first-order chi connectivity index (χ1) is 10.1. The first-order valence-corrected chi connectivity index (χ1v) is 8.43. The van der Waals surface area contributed by atoms with Crippen molar-refractivity contribution in [1.29, 1.82) is 0 Å². The molecule has 1 aromatic heterocycles. The van der Waals surface area contributed by atoms with E-state index in [-0.39, 0.29) is 0 Å². The fraction of sp³-hybridized carbons (Fsp3) is 0.765. The lowest BCUT2D eigenvalue weighted by Crippen LogP contribution is -2.24. The van der Waals surface area contributed by atoms with E-state index in [4.69, 9.17) is 4.98 Å². The van der Waals surface area contributed by atoms with Gasteiger partial charge in [-0.1, -0.05) is 27.7 Å². The van der Waals surface area contributed by atoms with Gasteiger partial charge in [-0.05, 0) is 31.6 Å². The number of rotatable bonds is 6. The highest BCUT2D eigenvalue weighted by molar-refractivity contribution is 5.59. The zero-order chi connectivity index (χ0) is 15.4. The van der Waals surface area contributed by atoms with Crippen LogP contribution in [0, 0.1) is 18.8 Å². The Morgan fingerprint density at radius 1 is 1.29 bits per heavy atom. The van der Waals surface area contributed by atoms with Crippen LogP contribution in [0.2, 0.25) is 0 Å². The molecule has 0 aromatic carbocycles. The number of aryl methyl sites for hydroxylation is 1. The third kappa shape index (κ3) is 3.66. The van der Waals surface area contributed by atoms with Gasteiger partial charge in [-0.15, -0.1) is 0 Å². The summed E-state index contributed by atoms with van der Waals surface area (Å²) in [6.45, 7) is 14.3. The molecule has 1 aliphatic heterocycles. The lowest BCUT2D eigenvalue weighted by molar-refractivity contribution is 0.422. The van der Waals surface area contributed by atoms with E-state index in [2.05, 4.69) is 49.8 Å². The number of anilines is 2. The summed E-state index contributed by atoms with van der Waals surface area (Å²) < 4.78 is 0. The van der Waals surface area contributed by atoms with Gasteiger partial charge >= 0.3 is 0 Å². The number of aromatic nitrogens is 2. The van der Waals surface area contributed by atoms with Crippen LogP contribution in [0.3, 0.4) is 0 Å². The van der Waals surface area contributed by atoms with Crippen LogP contribution in [0.4, 0.5) is 11.6 Å². The summed E-state index contributed by atoms with van der Waals surface area (Å²) in [5, 5.41) is 3.46. The van der Waals surface area contributed by atoms with E-state index < -0.39 is 0 Å². The van der Waals surface area contributed by atoms with Crippen molar-refractivity contribution in [3.8, 4) is 0 Å². The molecule has 1 saturated heterocycles. The topological polar surface area (TPSA) is 41.1 Å². The predicted molar refractivity (Wildman–Crippen MR) is 90.1 cm³/mol. The van der Waals surface area contributed by atoms with Crippen LogP contribution in [0.25, 0.3) is 0 Å². The third-order valence-electron chi connectivity index (χ3n) is 4.49. The van der Waals surface area contributed by atoms with E-state index in [0.29, 0.717) is 0 Å². The molecule has 4 nitrogen and oxygen atoms in total. The minimum Gasteiger partial charge on any atom is -0.370 e.